The second-order valence-corrected chi connectivity index (χ2v) is 18.1. The summed E-state index contributed by atoms with van der Waals surface area (Å²) in [6.45, 7) is 8.87. The number of phosphoric ester groups is 1. The predicted molar refractivity (Wildman–Crippen MR) is 231 cm³/mol. The number of nitrogens with zero attached hydrogens (tertiary/aromatic N) is 1. The Labute approximate surface area is 347 Å². The standard InChI is InChI=1S/C45H94NO9P/c1-5-7-9-11-13-15-17-19-21-23-25-27-29-31-36-52-43-45(53-37-32-30-28-26-24-22-20-18-16-14-12-10-8-6-2)44-55-56(48,49)54-39-34-46(3,4)33-38-50-41-42-51-40-35-47/h45,47H,5-44H2,1-4H3/t45-/m1/s1. The number of phosphoric acid groups is 1. The highest BCUT2D eigenvalue weighted by atomic mass is 31.2. The van der Waals surface area contributed by atoms with Crippen LogP contribution in [0.15, 0.2) is 0 Å². The summed E-state index contributed by atoms with van der Waals surface area (Å²) in [5.41, 5.74) is 0. The third-order valence-electron chi connectivity index (χ3n) is 10.6. The van der Waals surface area contributed by atoms with Gasteiger partial charge in [-0.05, 0) is 12.8 Å². The molecule has 0 fully saturated rings. The lowest BCUT2D eigenvalue weighted by Gasteiger charge is -2.31. The van der Waals surface area contributed by atoms with Gasteiger partial charge in [-0.3, -0.25) is 4.57 Å². The van der Waals surface area contributed by atoms with E-state index in [1.807, 2.05) is 14.1 Å². The first kappa shape index (κ1) is 55.9. The van der Waals surface area contributed by atoms with E-state index in [0.29, 0.717) is 63.8 Å². The molecule has 1 N–H and O–H groups in total. The lowest BCUT2D eigenvalue weighted by Crippen LogP contribution is -2.44. The Morgan fingerprint density at radius 1 is 0.464 bits per heavy atom. The number of rotatable bonds is 48. The van der Waals surface area contributed by atoms with Gasteiger partial charge in [-0.15, -0.1) is 0 Å². The van der Waals surface area contributed by atoms with E-state index >= 15 is 0 Å². The zero-order valence-electron chi connectivity index (χ0n) is 37.5. The van der Waals surface area contributed by atoms with Gasteiger partial charge in [-0.2, -0.15) is 0 Å². The smallest absolute Gasteiger partial charge is 0.268 e. The van der Waals surface area contributed by atoms with E-state index in [4.69, 9.17) is 33.1 Å². The number of aliphatic hydroxyl groups excluding tert-OH is 1. The minimum atomic E-state index is -4.49. The van der Waals surface area contributed by atoms with E-state index in [1.165, 1.54) is 154 Å². The fraction of sp³-hybridized carbons (Fsp3) is 1.00. The summed E-state index contributed by atoms with van der Waals surface area (Å²) in [6.07, 6.45) is 36.2. The largest absolute Gasteiger partial charge is 0.756 e. The molecule has 0 aromatic heterocycles. The normalized spacial score (nSPS) is 13.8. The molecule has 56 heavy (non-hydrogen) atoms. The van der Waals surface area contributed by atoms with Crippen LogP contribution >= 0.6 is 7.82 Å². The Hall–Kier alpha value is -0.130. The molecule has 0 bridgehead atoms. The summed E-state index contributed by atoms with van der Waals surface area (Å²) in [5, 5.41) is 8.76. The molecule has 0 heterocycles. The van der Waals surface area contributed by atoms with Gasteiger partial charge >= 0.3 is 0 Å². The summed E-state index contributed by atoms with van der Waals surface area (Å²) >= 11 is 0. The van der Waals surface area contributed by atoms with E-state index in [2.05, 4.69) is 13.8 Å². The molecule has 0 aromatic carbocycles. The molecule has 0 rings (SSSR count). The highest BCUT2D eigenvalue weighted by Gasteiger charge is 2.20. The van der Waals surface area contributed by atoms with Gasteiger partial charge < -0.3 is 42.5 Å². The maximum atomic E-state index is 12.7. The molecule has 0 aromatic rings. The van der Waals surface area contributed by atoms with Crippen molar-refractivity contribution in [3.8, 4) is 0 Å². The van der Waals surface area contributed by atoms with Crippen LogP contribution in [-0.2, 0) is 32.6 Å². The molecule has 0 aliphatic heterocycles. The Morgan fingerprint density at radius 2 is 0.857 bits per heavy atom. The molecular formula is C45H94NO9P. The SMILES string of the molecule is CCCCCCCCCCCCCCCCOC[C@H](COP(=O)([O-])OCC[N+](C)(C)CCOCCOCCO)OCCCCCCCCCCCCCCCC. The number of ether oxygens (including phenoxy) is 4. The minimum Gasteiger partial charge on any atom is -0.756 e. The van der Waals surface area contributed by atoms with Crippen LogP contribution in [0, 0.1) is 0 Å². The first-order valence-corrected chi connectivity index (χ1v) is 25.1. The summed E-state index contributed by atoms with van der Waals surface area (Å²) in [7, 11) is -0.490. The van der Waals surface area contributed by atoms with E-state index in [0.717, 1.165) is 25.7 Å². The van der Waals surface area contributed by atoms with Crippen LogP contribution in [0.25, 0.3) is 0 Å². The van der Waals surface area contributed by atoms with E-state index < -0.39 is 13.9 Å². The molecule has 10 nitrogen and oxygen atoms in total. The molecule has 338 valence electrons. The van der Waals surface area contributed by atoms with E-state index in [9.17, 15) is 9.46 Å². The molecule has 0 radical (unpaired) electrons. The Morgan fingerprint density at radius 3 is 1.30 bits per heavy atom. The van der Waals surface area contributed by atoms with Crippen molar-refractivity contribution >= 4 is 7.82 Å². The minimum absolute atomic E-state index is 0.00222. The first-order valence-electron chi connectivity index (χ1n) is 23.6. The van der Waals surface area contributed by atoms with E-state index in [1.54, 1.807) is 0 Å². The van der Waals surface area contributed by atoms with Crippen molar-refractivity contribution in [1.82, 2.24) is 0 Å². The Bertz CT molecular complexity index is 822. The van der Waals surface area contributed by atoms with Crippen LogP contribution < -0.4 is 4.89 Å². The molecule has 11 heteroatoms. The Kier molecular flexibility index (Phi) is 42.9. The van der Waals surface area contributed by atoms with Gasteiger partial charge in [0.2, 0.25) is 0 Å². The van der Waals surface area contributed by atoms with E-state index in [-0.39, 0.29) is 19.8 Å². The van der Waals surface area contributed by atoms with Crippen molar-refractivity contribution in [3.05, 3.63) is 0 Å². The van der Waals surface area contributed by atoms with Crippen molar-refractivity contribution in [2.24, 2.45) is 0 Å². The molecule has 0 aliphatic rings. The third kappa shape index (κ3) is 43.4. The molecule has 0 spiro atoms. The van der Waals surface area contributed by atoms with Gasteiger partial charge in [0.05, 0.1) is 60.3 Å². The van der Waals surface area contributed by atoms with Crippen LogP contribution in [0.1, 0.15) is 194 Å². The van der Waals surface area contributed by atoms with Gasteiger partial charge in [-0.25, -0.2) is 0 Å². The van der Waals surface area contributed by atoms with Crippen molar-refractivity contribution < 1.29 is 47.0 Å². The van der Waals surface area contributed by atoms with Crippen molar-refractivity contribution in [1.29, 1.82) is 0 Å². The van der Waals surface area contributed by atoms with Crippen molar-refractivity contribution in [3.63, 3.8) is 0 Å². The van der Waals surface area contributed by atoms with Crippen molar-refractivity contribution in [2.75, 3.05) is 93.3 Å². The number of aliphatic hydroxyl groups is 1. The molecular weight excluding hydrogens is 729 g/mol. The highest BCUT2D eigenvalue weighted by Crippen LogP contribution is 2.38. The number of hydrogen-bond donors (Lipinski definition) is 1. The second-order valence-electron chi connectivity index (χ2n) is 16.7. The van der Waals surface area contributed by atoms with Gasteiger partial charge in [0.1, 0.15) is 25.8 Å². The number of quaternary nitrogens is 1. The number of hydrogen-bond acceptors (Lipinski definition) is 9. The molecule has 0 saturated heterocycles. The zero-order valence-corrected chi connectivity index (χ0v) is 38.4. The first-order chi connectivity index (χ1) is 27.3. The number of unbranched alkanes of at least 4 members (excludes halogenated alkanes) is 26. The van der Waals surface area contributed by atoms with Gasteiger partial charge in [0.25, 0.3) is 7.82 Å². The lowest BCUT2D eigenvalue weighted by atomic mass is 10.0. The zero-order chi connectivity index (χ0) is 41.1. The van der Waals surface area contributed by atoms with Crippen LogP contribution in [0.2, 0.25) is 0 Å². The summed E-state index contributed by atoms with van der Waals surface area (Å²) < 4.78 is 46.6. The molecule has 1 unspecified atom stereocenters. The third-order valence-corrected chi connectivity index (χ3v) is 11.6. The fourth-order valence-corrected chi connectivity index (χ4v) is 7.45. The predicted octanol–water partition coefficient (Wildman–Crippen LogP) is 11.0. The average molecular weight is 824 g/mol. The molecule has 0 amide bonds. The fourth-order valence-electron chi connectivity index (χ4n) is 6.73. The maximum absolute atomic E-state index is 12.7. The molecule has 0 aliphatic carbocycles. The highest BCUT2D eigenvalue weighted by molar-refractivity contribution is 7.45. The average Bonchev–Trinajstić information content (AvgIpc) is 3.17. The molecule has 2 atom stereocenters. The molecule has 0 saturated carbocycles. The lowest BCUT2D eigenvalue weighted by molar-refractivity contribution is -0.890. The van der Waals surface area contributed by atoms with Gasteiger partial charge in [0, 0.05) is 13.2 Å². The van der Waals surface area contributed by atoms with Crippen LogP contribution in [0.4, 0.5) is 0 Å². The summed E-state index contributed by atoms with van der Waals surface area (Å²) in [5.74, 6) is 0. The van der Waals surface area contributed by atoms with Crippen LogP contribution in [-0.4, -0.2) is 109 Å². The quantitative estimate of drug-likeness (QED) is 0.0364. The van der Waals surface area contributed by atoms with Crippen LogP contribution in [0.3, 0.4) is 0 Å². The second kappa shape index (κ2) is 43.0. The topological polar surface area (TPSA) is 116 Å². The van der Waals surface area contributed by atoms with Crippen molar-refractivity contribution in [2.45, 2.75) is 200 Å². The van der Waals surface area contributed by atoms with Crippen LogP contribution in [0.5, 0.6) is 0 Å². The number of likely N-dealkylation sites (N-methyl/N-ethyl adjacent to an activating group) is 1. The summed E-state index contributed by atoms with van der Waals surface area (Å²) in [4.78, 5) is 12.7. The monoisotopic (exact) mass is 824 g/mol. The van der Waals surface area contributed by atoms with Gasteiger partial charge in [-0.1, -0.05) is 181 Å². The van der Waals surface area contributed by atoms with Gasteiger partial charge in [0.15, 0.2) is 0 Å². The maximum Gasteiger partial charge on any atom is 0.268 e. The Balaban J connectivity index is 4.35. The summed E-state index contributed by atoms with van der Waals surface area (Å²) in [6, 6.07) is 0.